The van der Waals surface area contributed by atoms with E-state index in [0.29, 0.717) is 5.82 Å². The Labute approximate surface area is 115 Å². The third-order valence-corrected chi connectivity index (χ3v) is 3.04. The van der Waals surface area contributed by atoms with Gasteiger partial charge in [0, 0.05) is 5.56 Å². The summed E-state index contributed by atoms with van der Waals surface area (Å²) in [5.74, 6) is -0.353. The first-order valence-electron chi connectivity index (χ1n) is 5.73. The Kier molecular flexibility index (Phi) is 3.79. The summed E-state index contributed by atoms with van der Waals surface area (Å²) in [5, 5.41) is 11.7. The zero-order valence-corrected chi connectivity index (χ0v) is 11.7. The first-order chi connectivity index (χ1) is 9.37. The average Bonchev–Trinajstić information content (AvgIpc) is 2.86. The van der Waals surface area contributed by atoms with Crippen LogP contribution < -0.4 is 4.72 Å². The molecule has 1 aromatic carbocycles. The van der Waals surface area contributed by atoms with E-state index in [-0.39, 0.29) is 0 Å². The molecular formula is C11H13N5O3S. The summed E-state index contributed by atoms with van der Waals surface area (Å²) in [6, 6.07) is 8.25. The third kappa shape index (κ3) is 3.38. The number of carbonyl (C=O) groups excluding carboxylic acids is 1. The van der Waals surface area contributed by atoms with Crippen molar-refractivity contribution in [2.24, 2.45) is 0 Å². The molecule has 1 unspecified atom stereocenters. The maximum absolute atomic E-state index is 11.7. The molecule has 9 heteroatoms. The van der Waals surface area contributed by atoms with Gasteiger partial charge in [-0.2, -0.15) is 4.80 Å². The summed E-state index contributed by atoms with van der Waals surface area (Å²) in [5.41, 5.74) is 0.759. The van der Waals surface area contributed by atoms with Gasteiger partial charge in [-0.05, 0) is 12.1 Å². The van der Waals surface area contributed by atoms with E-state index >= 15 is 0 Å². The van der Waals surface area contributed by atoms with E-state index in [9.17, 15) is 13.2 Å². The monoisotopic (exact) mass is 295 g/mol. The zero-order chi connectivity index (χ0) is 14.8. The fourth-order valence-electron chi connectivity index (χ4n) is 1.46. The van der Waals surface area contributed by atoms with Gasteiger partial charge in [-0.25, -0.2) is 8.42 Å². The minimum Gasteiger partial charge on any atom is -0.271 e. The van der Waals surface area contributed by atoms with Crippen LogP contribution in [0, 0.1) is 0 Å². The van der Waals surface area contributed by atoms with Gasteiger partial charge < -0.3 is 0 Å². The number of sulfonamides is 1. The summed E-state index contributed by atoms with van der Waals surface area (Å²) >= 11 is 0. The molecule has 0 radical (unpaired) electrons. The summed E-state index contributed by atoms with van der Waals surface area (Å²) in [6.45, 7) is 1.48. The van der Waals surface area contributed by atoms with Crippen molar-refractivity contribution >= 4 is 15.9 Å². The van der Waals surface area contributed by atoms with E-state index in [1.807, 2.05) is 35.1 Å². The molecule has 8 nitrogen and oxygen atoms in total. The molecule has 0 saturated heterocycles. The highest BCUT2D eigenvalue weighted by Gasteiger charge is 2.21. The highest BCUT2D eigenvalue weighted by molar-refractivity contribution is 7.89. The molecule has 2 rings (SSSR count). The molecule has 2 aromatic rings. The van der Waals surface area contributed by atoms with E-state index in [2.05, 4.69) is 15.4 Å². The number of nitrogens with one attached hydrogen (secondary N) is 1. The fourth-order valence-corrected chi connectivity index (χ4v) is 2.00. The van der Waals surface area contributed by atoms with Crippen molar-refractivity contribution in [3.8, 4) is 11.4 Å². The Morgan fingerprint density at radius 3 is 2.55 bits per heavy atom. The SMILES string of the molecule is CC(C(=O)NS(C)(=O)=O)n1nnc(-c2ccccc2)n1. The van der Waals surface area contributed by atoms with Crippen molar-refractivity contribution in [3.05, 3.63) is 30.3 Å². The Morgan fingerprint density at radius 2 is 1.95 bits per heavy atom. The quantitative estimate of drug-likeness (QED) is 0.849. The number of amides is 1. The summed E-state index contributed by atoms with van der Waals surface area (Å²) < 4.78 is 23.9. The maximum Gasteiger partial charge on any atom is 0.259 e. The standard InChI is InChI=1S/C11H13N5O3S/c1-8(11(17)14-20(2,18)19)16-13-10(12-15-16)9-6-4-3-5-7-9/h3-8H,1-2H3,(H,14,17). The summed E-state index contributed by atoms with van der Waals surface area (Å²) in [4.78, 5) is 12.8. The first-order valence-corrected chi connectivity index (χ1v) is 7.62. The smallest absolute Gasteiger partial charge is 0.259 e. The lowest BCUT2D eigenvalue weighted by atomic mass is 10.2. The van der Waals surface area contributed by atoms with Crippen molar-refractivity contribution in [2.75, 3.05) is 6.26 Å². The highest BCUT2D eigenvalue weighted by atomic mass is 32.2. The molecule has 1 heterocycles. The van der Waals surface area contributed by atoms with Crippen LogP contribution >= 0.6 is 0 Å². The van der Waals surface area contributed by atoms with Crippen LogP contribution in [0.15, 0.2) is 30.3 Å². The second-order valence-corrected chi connectivity index (χ2v) is 5.96. The van der Waals surface area contributed by atoms with Crippen molar-refractivity contribution in [3.63, 3.8) is 0 Å². The van der Waals surface area contributed by atoms with Gasteiger partial charge in [0.15, 0.2) is 0 Å². The topological polar surface area (TPSA) is 107 Å². The van der Waals surface area contributed by atoms with E-state index in [1.165, 1.54) is 6.92 Å². The van der Waals surface area contributed by atoms with Gasteiger partial charge in [0.1, 0.15) is 6.04 Å². The Balaban J connectivity index is 2.19. The number of aromatic nitrogens is 4. The Hall–Kier alpha value is -2.29. The second-order valence-electron chi connectivity index (χ2n) is 4.21. The average molecular weight is 295 g/mol. The second kappa shape index (κ2) is 5.37. The van der Waals surface area contributed by atoms with Gasteiger partial charge in [-0.3, -0.25) is 9.52 Å². The van der Waals surface area contributed by atoms with Gasteiger partial charge in [-0.15, -0.1) is 10.2 Å². The molecule has 0 saturated carbocycles. The van der Waals surface area contributed by atoms with Gasteiger partial charge in [0.25, 0.3) is 5.91 Å². The van der Waals surface area contributed by atoms with Crippen LogP contribution in [-0.4, -0.2) is 40.8 Å². The molecule has 0 aliphatic rings. The normalized spacial score (nSPS) is 12.9. The molecule has 1 N–H and O–H groups in total. The number of tetrazole rings is 1. The third-order valence-electron chi connectivity index (χ3n) is 2.47. The lowest BCUT2D eigenvalue weighted by Gasteiger charge is -2.08. The number of benzene rings is 1. The largest absolute Gasteiger partial charge is 0.271 e. The number of rotatable bonds is 4. The molecule has 1 atom stereocenters. The Bertz CT molecular complexity index is 711. The van der Waals surface area contributed by atoms with E-state index in [4.69, 9.17) is 0 Å². The van der Waals surface area contributed by atoms with Crippen LogP contribution in [0.2, 0.25) is 0 Å². The number of carbonyl (C=O) groups is 1. The molecule has 106 valence electrons. The minimum atomic E-state index is -3.61. The minimum absolute atomic E-state index is 0.365. The lowest BCUT2D eigenvalue weighted by molar-refractivity contribution is -0.122. The van der Waals surface area contributed by atoms with Crippen molar-refractivity contribution in [1.82, 2.24) is 24.9 Å². The van der Waals surface area contributed by atoms with Crippen molar-refractivity contribution in [1.29, 1.82) is 0 Å². The highest BCUT2D eigenvalue weighted by Crippen LogP contribution is 2.13. The van der Waals surface area contributed by atoms with Crippen LogP contribution in [0.1, 0.15) is 13.0 Å². The molecule has 1 aromatic heterocycles. The molecule has 0 spiro atoms. The van der Waals surface area contributed by atoms with E-state index < -0.39 is 22.0 Å². The molecule has 0 aliphatic carbocycles. The van der Waals surface area contributed by atoms with Gasteiger partial charge in [0.2, 0.25) is 15.8 Å². The van der Waals surface area contributed by atoms with Crippen LogP contribution in [0.4, 0.5) is 0 Å². The number of nitrogens with zero attached hydrogens (tertiary/aromatic N) is 4. The van der Waals surface area contributed by atoms with Gasteiger partial charge >= 0.3 is 0 Å². The lowest BCUT2D eigenvalue weighted by Crippen LogP contribution is -2.35. The van der Waals surface area contributed by atoms with E-state index in [0.717, 1.165) is 16.6 Å². The van der Waals surface area contributed by atoms with Crippen LogP contribution in [0.3, 0.4) is 0 Å². The molecule has 1 amide bonds. The predicted molar refractivity (Wildman–Crippen MR) is 71.0 cm³/mol. The van der Waals surface area contributed by atoms with Crippen LogP contribution in [0.25, 0.3) is 11.4 Å². The fraction of sp³-hybridized carbons (Fsp3) is 0.273. The summed E-state index contributed by atoms with van der Waals surface area (Å²) in [6.07, 6.45) is 0.905. The summed E-state index contributed by atoms with van der Waals surface area (Å²) in [7, 11) is -3.61. The zero-order valence-electron chi connectivity index (χ0n) is 10.9. The maximum atomic E-state index is 11.7. The van der Waals surface area contributed by atoms with Crippen molar-refractivity contribution < 1.29 is 13.2 Å². The van der Waals surface area contributed by atoms with Crippen molar-refractivity contribution in [2.45, 2.75) is 13.0 Å². The number of hydrogen-bond donors (Lipinski definition) is 1. The van der Waals surface area contributed by atoms with Gasteiger partial charge in [-0.1, -0.05) is 30.3 Å². The molecular weight excluding hydrogens is 282 g/mol. The van der Waals surface area contributed by atoms with Crippen LogP contribution in [0.5, 0.6) is 0 Å². The molecule has 20 heavy (non-hydrogen) atoms. The Morgan fingerprint density at radius 1 is 1.30 bits per heavy atom. The molecule has 0 bridgehead atoms. The molecule has 0 aliphatic heterocycles. The van der Waals surface area contributed by atoms with Gasteiger partial charge in [0.05, 0.1) is 6.26 Å². The van der Waals surface area contributed by atoms with E-state index in [1.54, 1.807) is 0 Å². The molecule has 0 fully saturated rings. The predicted octanol–water partition coefficient (Wildman–Crippen LogP) is -0.0231. The number of hydrogen-bond acceptors (Lipinski definition) is 6. The van der Waals surface area contributed by atoms with Crippen LogP contribution in [-0.2, 0) is 14.8 Å². The first kappa shape index (κ1) is 14.1.